The Morgan fingerprint density at radius 3 is 2.40 bits per heavy atom. The van der Waals surface area contributed by atoms with Gasteiger partial charge in [-0.2, -0.15) is 0 Å². The van der Waals surface area contributed by atoms with E-state index in [9.17, 15) is 18.8 Å². The molecule has 3 aliphatic rings. The van der Waals surface area contributed by atoms with E-state index in [1.165, 1.54) is 24.3 Å². The van der Waals surface area contributed by atoms with Gasteiger partial charge in [-0.05, 0) is 59.7 Å². The van der Waals surface area contributed by atoms with Crippen molar-refractivity contribution in [2.45, 2.75) is 12.1 Å². The predicted molar refractivity (Wildman–Crippen MR) is 127 cm³/mol. The Kier molecular flexibility index (Phi) is 4.81. The van der Waals surface area contributed by atoms with Crippen molar-refractivity contribution in [2.24, 2.45) is 11.8 Å². The van der Waals surface area contributed by atoms with E-state index < -0.39 is 41.6 Å². The van der Waals surface area contributed by atoms with Crippen LogP contribution in [0.2, 0.25) is 0 Å². The quantitative estimate of drug-likeness (QED) is 0.424. The summed E-state index contributed by atoms with van der Waals surface area (Å²) in [6, 6.07) is 18.4. The molecule has 0 aliphatic carbocycles. The van der Waals surface area contributed by atoms with Gasteiger partial charge in [0.2, 0.25) is 11.8 Å². The van der Waals surface area contributed by atoms with Crippen LogP contribution in [0.4, 0.5) is 10.1 Å². The summed E-state index contributed by atoms with van der Waals surface area (Å²) >= 11 is 0. The molecule has 0 saturated carbocycles. The van der Waals surface area contributed by atoms with Crippen LogP contribution in [0.3, 0.4) is 0 Å². The lowest BCUT2D eigenvalue weighted by molar-refractivity contribution is -0.123. The van der Waals surface area contributed by atoms with Crippen molar-refractivity contribution in [3.8, 4) is 5.75 Å². The molecule has 2 saturated heterocycles. The molecule has 0 aromatic heterocycles. The molecular weight excluding hydrogens is 447 g/mol. The topological polar surface area (TPSA) is 66.9 Å². The molecule has 2 amide bonds. The first-order chi connectivity index (χ1) is 17.0. The number of nitrogens with zero attached hydrogens (tertiary/aromatic N) is 2. The van der Waals surface area contributed by atoms with Gasteiger partial charge in [-0.25, -0.2) is 9.29 Å². The smallest absolute Gasteiger partial charge is 0.240 e. The van der Waals surface area contributed by atoms with Gasteiger partial charge in [0, 0.05) is 11.8 Å². The summed E-state index contributed by atoms with van der Waals surface area (Å²) in [7, 11) is 1.54. The molecule has 0 bridgehead atoms. The van der Waals surface area contributed by atoms with Gasteiger partial charge in [-0.3, -0.25) is 14.4 Å². The number of halogens is 1. The summed E-state index contributed by atoms with van der Waals surface area (Å²) in [5, 5.41) is 0. The van der Waals surface area contributed by atoms with Gasteiger partial charge >= 0.3 is 0 Å². The minimum absolute atomic E-state index is 0.177. The predicted octanol–water partition coefficient (Wildman–Crippen LogP) is 4.23. The number of amides is 2. The van der Waals surface area contributed by atoms with E-state index in [1.54, 1.807) is 31.4 Å². The highest BCUT2D eigenvalue weighted by Crippen LogP contribution is 2.53. The van der Waals surface area contributed by atoms with E-state index in [2.05, 4.69) is 0 Å². The lowest BCUT2D eigenvalue weighted by Gasteiger charge is -2.35. The Hall–Kier alpha value is -4.26. The van der Waals surface area contributed by atoms with Crippen LogP contribution in [0.25, 0.3) is 6.08 Å². The zero-order valence-electron chi connectivity index (χ0n) is 18.8. The summed E-state index contributed by atoms with van der Waals surface area (Å²) in [6.45, 7) is 0. The molecule has 1 unspecified atom stereocenters. The third-order valence-electron chi connectivity index (χ3n) is 7.17. The van der Waals surface area contributed by atoms with Crippen molar-refractivity contribution in [1.29, 1.82) is 0 Å². The van der Waals surface area contributed by atoms with Gasteiger partial charge in [-0.1, -0.05) is 30.3 Å². The number of ketones is 1. The second kappa shape index (κ2) is 7.91. The SMILES string of the molecule is COc1ccc(C(=O)[C@@H]2[C@@H]3C(=O)N(c4cccc(F)c4)C(=O)[C@@H]3C3c4ccccc4C=CN32)cc1. The molecule has 6 nitrogen and oxygen atoms in total. The van der Waals surface area contributed by atoms with Crippen LogP contribution in [0, 0.1) is 17.7 Å². The highest BCUT2D eigenvalue weighted by molar-refractivity contribution is 6.24. The van der Waals surface area contributed by atoms with Crippen molar-refractivity contribution < 1.29 is 23.5 Å². The molecule has 0 N–H and O–H groups in total. The average molecular weight is 468 g/mol. The highest BCUT2D eigenvalue weighted by Gasteiger charge is 2.64. The number of Topliss-reactive ketones (excluding diaryl/α,β-unsaturated/α-hetero) is 1. The molecule has 174 valence electrons. The summed E-state index contributed by atoms with van der Waals surface area (Å²) in [4.78, 5) is 44.3. The van der Waals surface area contributed by atoms with Gasteiger partial charge in [0.25, 0.3) is 0 Å². The minimum atomic E-state index is -0.902. The first-order valence-corrected chi connectivity index (χ1v) is 11.4. The standard InChI is InChI=1S/C28H21FN2O4/c1-35-20-11-9-17(10-12-20)26(32)25-23-22(24-21-8-3-2-5-16(21)13-14-30(24)25)27(33)31(28(23)34)19-7-4-6-18(29)15-19/h2-15,22-25H,1H3/t22-,23+,24?,25-/m0/s1. The van der Waals surface area contributed by atoms with Crippen LogP contribution in [-0.4, -0.2) is 35.6 Å². The number of benzene rings is 3. The van der Waals surface area contributed by atoms with Crippen molar-refractivity contribution in [1.82, 2.24) is 4.90 Å². The molecule has 6 rings (SSSR count). The van der Waals surface area contributed by atoms with Crippen LogP contribution in [-0.2, 0) is 9.59 Å². The summed E-state index contributed by atoms with van der Waals surface area (Å²) < 4.78 is 19.2. The van der Waals surface area contributed by atoms with Crippen molar-refractivity contribution in [3.05, 3.63) is 102 Å². The molecule has 3 aromatic carbocycles. The maximum atomic E-state index is 14.0. The molecule has 35 heavy (non-hydrogen) atoms. The zero-order valence-corrected chi connectivity index (χ0v) is 18.8. The second-order valence-corrected chi connectivity index (χ2v) is 8.92. The molecule has 3 aliphatic heterocycles. The van der Waals surface area contributed by atoms with Crippen LogP contribution >= 0.6 is 0 Å². The molecule has 4 atom stereocenters. The van der Waals surface area contributed by atoms with Crippen LogP contribution in [0.15, 0.2) is 79.0 Å². The maximum absolute atomic E-state index is 14.0. The molecule has 2 fully saturated rings. The van der Waals surface area contributed by atoms with E-state index in [1.807, 2.05) is 41.4 Å². The first kappa shape index (κ1) is 21.3. The highest BCUT2D eigenvalue weighted by atomic mass is 19.1. The lowest BCUT2D eigenvalue weighted by atomic mass is 9.83. The van der Waals surface area contributed by atoms with E-state index in [4.69, 9.17) is 4.74 Å². The van der Waals surface area contributed by atoms with Gasteiger partial charge < -0.3 is 9.64 Å². The zero-order chi connectivity index (χ0) is 24.3. The Labute approximate surface area is 201 Å². The molecule has 3 heterocycles. The Balaban J connectivity index is 1.48. The van der Waals surface area contributed by atoms with Crippen molar-refractivity contribution >= 4 is 29.4 Å². The fourth-order valence-corrected chi connectivity index (χ4v) is 5.65. The fourth-order valence-electron chi connectivity index (χ4n) is 5.65. The van der Waals surface area contributed by atoms with Gasteiger partial charge in [0.15, 0.2) is 5.78 Å². The fraction of sp³-hybridized carbons (Fsp3) is 0.179. The number of anilines is 1. The number of carbonyl (C=O) groups is 3. The van der Waals surface area contributed by atoms with Crippen molar-refractivity contribution in [2.75, 3.05) is 12.0 Å². The maximum Gasteiger partial charge on any atom is 0.240 e. The van der Waals surface area contributed by atoms with E-state index in [0.717, 1.165) is 16.0 Å². The van der Waals surface area contributed by atoms with Gasteiger partial charge in [0.1, 0.15) is 17.6 Å². The summed E-state index contributed by atoms with van der Waals surface area (Å²) in [5.41, 5.74) is 2.43. The third-order valence-corrected chi connectivity index (χ3v) is 7.17. The number of methoxy groups -OCH3 is 1. The number of ether oxygens (including phenoxy) is 1. The minimum Gasteiger partial charge on any atom is -0.497 e. The monoisotopic (exact) mass is 468 g/mol. The number of hydrogen-bond donors (Lipinski definition) is 0. The molecule has 0 radical (unpaired) electrons. The molecule has 3 aromatic rings. The Bertz CT molecular complexity index is 1400. The number of carbonyl (C=O) groups excluding carboxylic acids is 3. The lowest BCUT2D eigenvalue weighted by Crippen LogP contribution is -2.44. The number of hydrogen-bond acceptors (Lipinski definition) is 5. The summed E-state index contributed by atoms with van der Waals surface area (Å²) in [5.74, 6) is -2.77. The number of imide groups is 1. The largest absolute Gasteiger partial charge is 0.497 e. The van der Waals surface area contributed by atoms with Crippen LogP contribution < -0.4 is 9.64 Å². The van der Waals surface area contributed by atoms with E-state index >= 15 is 0 Å². The number of fused-ring (bicyclic) bond motifs is 5. The average Bonchev–Trinajstić information content (AvgIpc) is 3.36. The molecule has 0 spiro atoms. The molecule has 7 heteroatoms. The van der Waals surface area contributed by atoms with Crippen LogP contribution in [0.5, 0.6) is 5.75 Å². The van der Waals surface area contributed by atoms with Crippen molar-refractivity contribution in [3.63, 3.8) is 0 Å². The number of rotatable bonds is 4. The first-order valence-electron chi connectivity index (χ1n) is 11.4. The van der Waals surface area contributed by atoms with E-state index in [-0.39, 0.29) is 11.5 Å². The van der Waals surface area contributed by atoms with Gasteiger partial charge in [0.05, 0.1) is 30.7 Å². The van der Waals surface area contributed by atoms with Crippen LogP contribution in [0.1, 0.15) is 27.5 Å². The normalized spacial score (nSPS) is 24.3. The Morgan fingerprint density at radius 1 is 0.914 bits per heavy atom. The third kappa shape index (κ3) is 3.11. The molecular formula is C28H21FN2O4. The van der Waals surface area contributed by atoms with Gasteiger partial charge in [-0.15, -0.1) is 0 Å². The second-order valence-electron chi connectivity index (χ2n) is 8.92. The van der Waals surface area contributed by atoms with E-state index in [0.29, 0.717) is 11.3 Å². The summed E-state index contributed by atoms with van der Waals surface area (Å²) in [6.07, 6.45) is 3.71. The Morgan fingerprint density at radius 2 is 1.66 bits per heavy atom.